The highest BCUT2D eigenvalue weighted by molar-refractivity contribution is 6.09. The third-order valence-electron chi connectivity index (χ3n) is 4.93. The summed E-state index contributed by atoms with van der Waals surface area (Å²) in [5.74, 6) is -0.612. The highest BCUT2D eigenvalue weighted by Crippen LogP contribution is 2.20. The summed E-state index contributed by atoms with van der Waals surface area (Å²) in [4.78, 5) is 36.8. The fraction of sp³-hybridized carbons (Fsp3) is 0.526. The van der Waals surface area contributed by atoms with Gasteiger partial charge in [0.1, 0.15) is 6.04 Å². The molecule has 0 unspecified atom stereocenters. The van der Waals surface area contributed by atoms with Crippen LogP contribution in [0.25, 0.3) is 0 Å². The molecule has 0 radical (unpaired) electrons. The highest BCUT2D eigenvalue weighted by Gasteiger charge is 2.28. The minimum Gasteiger partial charge on any atom is -0.353 e. The third-order valence-corrected chi connectivity index (χ3v) is 4.93. The molecule has 6 nitrogen and oxygen atoms in total. The molecule has 1 saturated carbocycles. The zero-order chi connectivity index (χ0) is 17.6. The predicted octanol–water partition coefficient (Wildman–Crippen LogP) is 2.36. The van der Waals surface area contributed by atoms with Gasteiger partial charge in [-0.2, -0.15) is 0 Å². The Morgan fingerprint density at radius 1 is 1.08 bits per heavy atom. The van der Waals surface area contributed by atoms with Crippen molar-refractivity contribution in [3.8, 4) is 0 Å². The molecule has 134 valence electrons. The number of anilines is 1. The number of carbonyl (C=O) groups excluding carboxylic acids is 3. The van der Waals surface area contributed by atoms with Crippen LogP contribution in [-0.4, -0.2) is 29.8 Å². The molecule has 0 bridgehead atoms. The van der Waals surface area contributed by atoms with Crippen molar-refractivity contribution in [3.05, 3.63) is 29.8 Å². The predicted molar refractivity (Wildman–Crippen MR) is 95.2 cm³/mol. The molecule has 3 amide bonds. The van der Waals surface area contributed by atoms with E-state index >= 15 is 0 Å². The molecule has 0 aromatic heterocycles. The number of hydrogen-bond donors (Lipinski definition) is 3. The van der Waals surface area contributed by atoms with Crippen LogP contribution in [0.15, 0.2) is 24.3 Å². The summed E-state index contributed by atoms with van der Waals surface area (Å²) in [7, 11) is 0. The van der Waals surface area contributed by atoms with E-state index in [1.54, 1.807) is 24.3 Å². The van der Waals surface area contributed by atoms with Crippen molar-refractivity contribution in [2.75, 3.05) is 5.32 Å². The second kappa shape index (κ2) is 8.14. The summed E-state index contributed by atoms with van der Waals surface area (Å²) < 4.78 is 0. The van der Waals surface area contributed by atoms with Gasteiger partial charge in [-0.05, 0) is 31.4 Å². The summed E-state index contributed by atoms with van der Waals surface area (Å²) in [6.07, 6.45) is 7.37. The van der Waals surface area contributed by atoms with Crippen molar-refractivity contribution >= 4 is 23.4 Å². The third kappa shape index (κ3) is 4.59. The van der Waals surface area contributed by atoms with E-state index in [1.165, 1.54) is 12.8 Å². The molecule has 25 heavy (non-hydrogen) atoms. The molecule has 1 heterocycles. The monoisotopic (exact) mass is 343 g/mol. The number of rotatable bonds is 4. The molecule has 1 atom stereocenters. The van der Waals surface area contributed by atoms with Crippen molar-refractivity contribution < 1.29 is 14.4 Å². The number of amides is 3. The summed E-state index contributed by atoms with van der Waals surface area (Å²) in [6.45, 7) is 0. The lowest BCUT2D eigenvalue weighted by Crippen LogP contribution is -2.42. The quantitative estimate of drug-likeness (QED) is 0.734. The minimum absolute atomic E-state index is 0.0456. The van der Waals surface area contributed by atoms with Gasteiger partial charge in [0, 0.05) is 12.5 Å². The number of carbonyl (C=O) groups is 3. The summed E-state index contributed by atoms with van der Waals surface area (Å²) in [6, 6.07) is 6.45. The maximum absolute atomic E-state index is 12.3. The van der Waals surface area contributed by atoms with Crippen LogP contribution >= 0.6 is 0 Å². The lowest BCUT2D eigenvalue weighted by atomic mass is 10.1. The van der Waals surface area contributed by atoms with Gasteiger partial charge in [0.05, 0.1) is 11.3 Å². The van der Waals surface area contributed by atoms with Crippen molar-refractivity contribution in [2.24, 2.45) is 0 Å². The molecule has 1 aromatic carbocycles. The lowest BCUT2D eigenvalue weighted by molar-refractivity contribution is -0.122. The van der Waals surface area contributed by atoms with Crippen molar-refractivity contribution in [2.45, 2.75) is 63.5 Å². The summed E-state index contributed by atoms with van der Waals surface area (Å²) in [5, 5.41) is 8.56. The Hall–Kier alpha value is -2.37. The largest absolute Gasteiger partial charge is 0.353 e. The molecule has 0 saturated heterocycles. The second-order valence-corrected chi connectivity index (χ2v) is 6.86. The van der Waals surface area contributed by atoms with Crippen LogP contribution < -0.4 is 16.0 Å². The Kier molecular flexibility index (Phi) is 5.68. The molecule has 1 aliphatic heterocycles. The first-order valence-corrected chi connectivity index (χ1v) is 9.13. The Balaban J connectivity index is 1.53. The number of fused-ring (bicyclic) bond motifs is 1. The van der Waals surface area contributed by atoms with Crippen molar-refractivity contribution in [1.82, 2.24) is 10.6 Å². The molecular weight excluding hydrogens is 318 g/mol. The van der Waals surface area contributed by atoms with E-state index in [0.717, 1.165) is 25.7 Å². The Labute approximate surface area is 147 Å². The molecule has 2 aliphatic rings. The molecule has 1 aromatic rings. The summed E-state index contributed by atoms with van der Waals surface area (Å²) >= 11 is 0. The van der Waals surface area contributed by atoms with Crippen molar-refractivity contribution in [3.63, 3.8) is 0 Å². The molecule has 0 spiro atoms. The smallest absolute Gasteiger partial charge is 0.254 e. The Morgan fingerprint density at radius 3 is 2.56 bits per heavy atom. The number of nitrogens with one attached hydrogen (secondary N) is 3. The van der Waals surface area contributed by atoms with Gasteiger partial charge in [-0.3, -0.25) is 14.4 Å². The Morgan fingerprint density at radius 2 is 1.80 bits per heavy atom. The average molecular weight is 343 g/mol. The van der Waals surface area contributed by atoms with Gasteiger partial charge < -0.3 is 16.0 Å². The number of para-hydroxylation sites is 1. The fourth-order valence-electron chi connectivity index (χ4n) is 3.51. The van der Waals surface area contributed by atoms with Crippen LogP contribution in [0.1, 0.15) is 61.7 Å². The van der Waals surface area contributed by atoms with Crippen LogP contribution in [-0.2, 0) is 9.59 Å². The van der Waals surface area contributed by atoms with Crippen LogP contribution in [0, 0.1) is 0 Å². The normalized spacial score (nSPS) is 21.4. The maximum Gasteiger partial charge on any atom is 0.254 e. The van der Waals surface area contributed by atoms with Crippen LogP contribution in [0.3, 0.4) is 0 Å². The van der Waals surface area contributed by atoms with E-state index in [4.69, 9.17) is 0 Å². The van der Waals surface area contributed by atoms with E-state index in [0.29, 0.717) is 17.7 Å². The van der Waals surface area contributed by atoms with Gasteiger partial charge in [-0.1, -0.05) is 37.8 Å². The van der Waals surface area contributed by atoms with E-state index < -0.39 is 6.04 Å². The van der Waals surface area contributed by atoms with E-state index in [1.807, 2.05) is 0 Å². The maximum atomic E-state index is 12.3. The van der Waals surface area contributed by atoms with Crippen LogP contribution in [0.4, 0.5) is 5.69 Å². The number of benzene rings is 1. The number of hydrogen-bond acceptors (Lipinski definition) is 3. The molecule has 1 aliphatic carbocycles. The van der Waals surface area contributed by atoms with Crippen molar-refractivity contribution in [1.29, 1.82) is 0 Å². The average Bonchev–Trinajstić information content (AvgIpc) is 2.92. The van der Waals surface area contributed by atoms with E-state index in [2.05, 4.69) is 16.0 Å². The van der Waals surface area contributed by atoms with Crippen LogP contribution in [0.2, 0.25) is 0 Å². The zero-order valence-corrected chi connectivity index (χ0v) is 14.3. The standard InChI is InChI=1S/C19H25N3O3/c23-17(20-13-7-3-1-2-4-8-13)12-11-16-19(25)21-15-10-6-5-9-14(15)18(24)22-16/h5-6,9-10,13,16H,1-4,7-8,11-12H2,(H,20,23)(H,21,25)(H,22,24)/t16-/m1/s1. The molecule has 3 N–H and O–H groups in total. The van der Waals surface area contributed by atoms with Gasteiger partial charge in [0.15, 0.2) is 0 Å². The summed E-state index contributed by atoms with van der Waals surface area (Å²) in [5.41, 5.74) is 0.955. The molecular formula is C19H25N3O3. The highest BCUT2D eigenvalue weighted by atomic mass is 16.2. The fourth-order valence-corrected chi connectivity index (χ4v) is 3.51. The van der Waals surface area contributed by atoms with Gasteiger partial charge in [0.2, 0.25) is 11.8 Å². The lowest BCUT2D eigenvalue weighted by Gasteiger charge is -2.18. The second-order valence-electron chi connectivity index (χ2n) is 6.86. The molecule has 1 fully saturated rings. The Bertz CT molecular complexity index is 651. The van der Waals surface area contributed by atoms with E-state index in [9.17, 15) is 14.4 Å². The van der Waals surface area contributed by atoms with Crippen LogP contribution in [0.5, 0.6) is 0 Å². The minimum atomic E-state index is -0.695. The first kappa shape index (κ1) is 17.5. The topological polar surface area (TPSA) is 87.3 Å². The van der Waals surface area contributed by atoms with Gasteiger partial charge in [-0.15, -0.1) is 0 Å². The van der Waals surface area contributed by atoms with Gasteiger partial charge >= 0.3 is 0 Å². The molecule has 3 rings (SSSR count). The molecule has 6 heteroatoms. The van der Waals surface area contributed by atoms with Gasteiger partial charge in [-0.25, -0.2) is 0 Å². The first-order chi connectivity index (χ1) is 12.1. The SMILES string of the molecule is O=C(CC[C@H]1NC(=O)c2ccccc2NC1=O)NC1CCCCCC1. The van der Waals surface area contributed by atoms with Gasteiger partial charge in [0.25, 0.3) is 5.91 Å². The zero-order valence-electron chi connectivity index (χ0n) is 14.3. The van der Waals surface area contributed by atoms with E-state index in [-0.39, 0.29) is 30.2 Å². The first-order valence-electron chi connectivity index (χ1n) is 9.13.